The normalized spacial score (nSPS) is 20.9. The minimum Gasteiger partial charge on any atom is -0.492 e. The summed E-state index contributed by atoms with van der Waals surface area (Å²) in [5.74, 6) is 1.48. The van der Waals surface area contributed by atoms with Gasteiger partial charge in [-0.2, -0.15) is 0 Å². The molecule has 1 aliphatic heterocycles. The van der Waals surface area contributed by atoms with Crippen LogP contribution < -0.4 is 9.47 Å². The van der Waals surface area contributed by atoms with Gasteiger partial charge in [-0.25, -0.2) is 0 Å². The topological polar surface area (TPSA) is 44.8 Å². The molecule has 1 heterocycles. The van der Waals surface area contributed by atoms with E-state index in [-0.39, 0.29) is 18.0 Å². The molecule has 24 heavy (non-hydrogen) atoms. The molecule has 0 aromatic heterocycles. The molecule has 0 radical (unpaired) electrons. The predicted octanol–water partition coefficient (Wildman–Crippen LogP) is 3.79. The van der Waals surface area contributed by atoms with Gasteiger partial charge in [0, 0.05) is 17.5 Å². The van der Waals surface area contributed by atoms with Gasteiger partial charge >= 0.3 is 5.97 Å². The number of benzene rings is 2. The second kappa shape index (κ2) is 6.19. The van der Waals surface area contributed by atoms with Gasteiger partial charge in [-0.15, -0.1) is 0 Å². The smallest absolute Gasteiger partial charge is 0.306 e. The van der Waals surface area contributed by atoms with Gasteiger partial charge in [0.25, 0.3) is 0 Å². The van der Waals surface area contributed by atoms with Crippen molar-refractivity contribution in [3.05, 3.63) is 59.2 Å². The van der Waals surface area contributed by atoms with Crippen LogP contribution in [0.2, 0.25) is 0 Å². The number of rotatable bonds is 4. The van der Waals surface area contributed by atoms with Crippen LogP contribution in [0.5, 0.6) is 11.5 Å². The van der Waals surface area contributed by atoms with Crippen molar-refractivity contribution in [3.8, 4) is 11.5 Å². The molecule has 0 N–H and O–H groups in total. The molecule has 124 valence electrons. The largest absolute Gasteiger partial charge is 0.492 e. The standard InChI is InChI=1S/C20H20O4/c1-22-20(21)10-14-12-23-19-11-15(7-8-17(14)19)24-18-9-6-13-4-2-3-5-16(13)18/h2-5,7-8,11,14,18H,6,9-10,12H2,1H3/t14?,18-/m0/s1. The maximum absolute atomic E-state index is 11.5. The molecule has 1 aliphatic carbocycles. The van der Waals surface area contributed by atoms with Crippen LogP contribution in [0.3, 0.4) is 0 Å². The first-order valence-corrected chi connectivity index (χ1v) is 8.32. The molecule has 0 fully saturated rings. The second-order valence-corrected chi connectivity index (χ2v) is 6.33. The average Bonchev–Trinajstić information content (AvgIpc) is 3.19. The summed E-state index contributed by atoms with van der Waals surface area (Å²) in [6.45, 7) is 0.514. The van der Waals surface area contributed by atoms with Crippen LogP contribution in [0, 0.1) is 0 Å². The Hall–Kier alpha value is -2.49. The van der Waals surface area contributed by atoms with Crippen molar-refractivity contribution in [3.63, 3.8) is 0 Å². The quantitative estimate of drug-likeness (QED) is 0.803. The Balaban J connectivity index is 1.50. The molecule has 2 aromatic rings. The molecule has 0 amide bonds. The zero-order chi connectivity index (χ0) is 16.5. The SMILES string of the molecule is COC(=O)CC1COc2cc(O[C@H]3CCc4ccccc43)ccc21. The maximum Gasteiger partial charge on any atom is 0.306 e. The van der Waals surface area contributed by atoms with Crippen LogP contribution in [0.1, 0.15) is 41.6 Å². The van der Waals surface area contributed by atoms with E-state index in [2.05, 4.69) is 24.3 Å². The molecule has 2 atom stereocenters. The van der Waals surface area contributed by atoms with Crippen molar-refractivity contribution < 1.29 is 19.0 Å². The Bertz CT molecular complexity index is 768. The van der Waals surface area contributed by atoms with Gasteiger partial charge in [0.1, 0.15) is 17.6 Å². The summed E-state index contributed by atoms with van der Waals surface area (Å²) in [5, 5.41) is 0. The molecule has 4 rings (SSSR count). The Morgan fingerprint density at radius 3 is 2.96 bits per heavy atom. The minimum atomic E-state index is -0.209. The third-order valence-corrected chi connectivity index (χ3v) is 4.86. The molecule has 1 unspecified atom stereocenters. The Labute approximate surface area is 141 Å². The van der Waals surface area contributed by atoms with E-state index in [9.17, 15) is 4.79 Å². The summed E-state index contributed by atoms with van der Waals surface area (Å²) in [7, 11) is 1.41. The van der Waals surface area contributed by atoms with Crippen LogP contribution in [0.15, 0.2) is 42.5 Å². The van der Waals surface area contributed by atoms with Crippen molar-refractivity contribution in [2.75, 3.05) is 13.7 Å². The van der Waals surface area contributed by atoms with Gasteiger partial charge in [0.05, 0.1) is 20.1 Å². The first kappa shape index (κ1) is 15.1. The van der Waals surface area contributed by atoms with E-state index in [4.69, 9.17) is 14.2 Å². The Kier molecular flexibility index (Phi) is 3.89. The van der Waals surface area contributed by atoms with Crippen LogP contribution in [-0.2, 0) is 16.0 Å². The lowest BCUT2D eigenvalue weighted by molar-refractivity contribution is -0.141. The fourth-order valence-corrected chi connectivity index (χ4v) is 3.59. The van der Waals surface area contributed by atoms with E-state index < -0.39 is 0 Å². The third kappa shape index (κ3) is 2.73. The van der Waals surface area contributed by atoms with E-state index in [1.807, 2.05) is 18.2 Å². The fraction of sp³-hybridized carbons (Fsp3) is 0.350. The number of carbonyl (C=O) groups excluding carboxylic acids is 1. The van der Waals surface area contributed by atoms with Crippen LogP contribution >= 0.6 is 0 Å². The molecule has 0 spiro atoms. The van der Waals surface area contributed by atoms with Gasteiger partial charge in [-0.1, -0.05) is 30.3 Å². The van der Waals surface area contributed by atoms with Crippen LogP contribution in [-0.4, -0.2) is 19.7 Å². The number of ether oxygens (including phenoxy) is 3. The third-order valence-electron chi connectivity index (χ3n) is 4.86. The number of fused-ring (bicyclic) bond motifs is 2. The van der Waals surface area contributed by atoms with Gasteiger partial charge < -0.3 is 14.2 Å². The number of carbonyl (C=O) groups is 1. The lowest BCUT2D eigenvalue weighted by atomic mass is 9.98. The highest BCUT2D eigenvalue weighted by molar-refractivity contribution is 5.71. The molecular formula is C20H20O4. The number of hydrogen-bond donors (Lipinski definition) is 0. The van der Waals surface area contributed by atoms with Crippen molar-refractivity contribution in [2.45, 2.75) is 31.3 Å². The molecule has 0 saturated heterocycles. The minimum absolute atomic E-state index is 0.0636. The van der Waals surface area contributed by atoms with Crippen LogP contribution in [0.25, 0.3) is 0 Å². The summed E-state index contributed by atoms with van der Waals surface area (Å²) < 4.78 is 16.7. The molecule has 0 bridgehead atoms. The lowest BCUT2D eigenvalue weighted by Crippen LogP contribution is -2.09. The zero-order valence-electron chi connectivity index (χ0n) is 13.7. The molecule has 0 saturated carbocycles. The first-order chi connectivity index (χ1) is 11.7. The highest BCUT2D eigenvalue weighted by atomic mass is 16.5. The van der Waals surface area contributed by atoms with E-state index >= 15 is 0 Å². The average molecular weight is 324 g/mol. The first-order valence-electron chi connectivity index (χ1n) is 8.32. The molecular weight excluding hydrogens is 304 g/mol. The van der Waals surface area contributed by atoms with Gasteiger partial charge in [0.2, 0.25) is 0 Å². The zero-order valence-corrected chi connectivity index (χ0v) is 13.7. The summed E-state index contributed by atoms with van der Waals surface area (Å²) in [5.41, 5.74) is 3.71. The highest BCUT2D eigenvalue weighted by Crippen LogP contribution is 2.41. The number of esters is 1. The molecule has 4 heteroatoms. The molecule has 2 aromatic carbocycles. The van der Waals surface area contributed by atoms with Gasteiger partial charge in [-0.05, 0) is 30.0 Å². The monoisotopic (exact) mass is 324 g/mol. The van der Waals surface area contributed by atoms with Gasteiger partial charge in [-0.3, -0.25) is 4.79 Å². The van der Waals surface area contributed by atoms with E-state index in [1.54, 1.807) is 0 Å². The maximum atomic E-state index is 11.5. The summed E-state index contributed by atoms with van der Waals surface area (Å²) in [4.78, 5) is 11.5. The lowest BCUT2D eigenvalue weighted by Gasteiger charge is -2.15. The predicted molar refractivity (Wildman–Crippen MR) is 89.4 cm³/mol. The van der Waals surface area contributed by atoms with Crippen LogP contribution in [0.4, 0.5) is 0 Å². The van der Waals surface area contributed by atoms with E-state index in [0.717, 1.165) is 29.9 Å². The van der Waals surface area contributed by atoms with Crippen molar-refractivity contribution in [1.29, 1.82) is 0 Å². The van der Waals surface area contributed by atoms with Crippen molar-refractivity contribution in [1.82, 2.24) is 0 Å². The van der Waals surface area contributed by atoms with E-state index in [0.29, 0.717) is 13.0 Å². The summed E-state index contributed by atoms with van der Waals surface area (Å²) in [6, 6.07) is 14.4. The van der Waals surface area contributed by atoms with Crippen molar-refractivity contribution >= 4 is 5.97 Å². The Morgan fingerprint density at radius 1 is 1.21 bits per heavy atom. The fourth-order valence-electron chi connectivity index (χ4n) is 3.59. The Morgan fingerprint density at radius 2 is 2.08 bits per heavy atom. The van der Waals surface area contributed by atoms with E-state index in [1.165, 1.54) is 18.2 Å². The number of hydrogen-bond acceptors (Lipinski definition) is 4. The van der Waals surface area contributed by atoms with Gasteiger partial charge in [0.15, 0.2) is 0 Å². The number of aryl methyl sites for hydroxylation is 1. The number of methoxy groups -OCH3 is 1. The summed E-state index contributed by atoms with van der Waals surface area (Å²) >= 11 is 0. The van der Waals surface area contributed by atoms with Crippen molar-refractivity contribution in [2.24, 2.45) is 0 Å². The molecule has 2 aliphatic rings. The molecule has 4 nitrogen and oxygen atoms in total. The summed E-state index contributed by atoms with van der Waals surface area (Å²) in [6.07, 6.45) is 2.51. The second-order valence-electron chi connectivity index (χ2n) is 6.33. The highest BCUT2D eigenvalue weighted by Gasteiger charge is 2.28.